The lowest BCUT2D eigenvalue weighted by atomic mass is 10.1. The Balaban J connectivity index is 1.81. The van der Waals surface area contributed by atoms with Crippen LogP contribution in [0.3, 0.4) is 0 Å². The van der Waals surface area contributed by atoms with Gasteiger partial charge in [-0.3, -0.25) is 4.79 Å². The van der Waals surface area contributed by atoms with Crippen molar-refractivity contribution in [1.29, 1.82) is 0 Å². The molecule has 1 heterocycles. The van der Waals surface area contributed by atoms with Crippen LogP contribution in [-0.4, -0.2) is 19.0 Å². The van der Waals surface area contributed by atoms with Crippen LogP contribution in [0.1, 0.15) is 30.0 Å². The smallest absolute Gasteiger partial charge is 0.259 e. The van der Waals surface area contributed by atoms with E-state index in [1.165, 1.54) is 0 Å². The van der Waals surface area contributed by atoms with E-state index in [1.54, 1.807) is 6.07 Å². The van der Waals surface area contributed by atoms with Crippen LogP contribution in [0, 0.1) is 6.92 Å². The number of anilines is 2. The molecule has 4 heteroatoms. The van der Waals surface area contributed by atoms with Gasteiger partial charge in [-0.15, -0.1) is 0 Å². The molecule has 0 saturated carbocycles. The zero-order chi connectivity index (χ0) is 18.5. The van der Waals surface area contributed by atoms with Crippen molar-refractivity contribution in [3.8, 4) is 11.3 Å². The summed E-state index contributed by atoms with van der Waals surface area (Å²) in [6.07, 6.45) is 0. The fraction of sp³-hybridized carbons (Fsp3) is 0.227. The van der Waals surface area contributed by atoms with Gasteiger partial charge in [-0.1, -0.05) is 30.3 Å². The zero-order valence-electron chi connectivity index (χ0n) is 15.5. The summed E-state index contributed by atoms with van der Waals surface area (Å²) in [5.74, 6) is 1.14. The first-order chi connectivity index (χ1) is 12.6. The predicted molar refractivity (Wildman–Crippen MR) is 107 cm³/mol. The number of hydrogen-bond donors (Lipinski definition) is 1. The van der Waals surface area contributed by atoms with Gasteiger partial charge in [-0.2, -0.15) is 0 Å². The average Bonchev–Trinajstić information content (AvgIpc) is 3.07. The predicted octanol–water partition coefficient (Wildman–Crippen LogP) is 5.35. The minimum Gasteiger partial charge on any atom is -0.461 e. The van der Waals surface area contributed by atoms with E-state index in [-0.39, 0.29) is 5.91 Å². The van der Waals surface area contributed by atoms with Crippen molar-refractivity contribution in [2.75, 3.05) is 23.3 Å². The second kappa shape index (κ2) is 7.91. The van der Waals surface area contributed by atoms with Crippen molar-refractivity contribution >= 4 is 17.3 Å². The maximum Gasteiger partial charge on any atom is 0.259 e. The molecule has 0 unspecified atom stereocenters. The Labute approximate surface area is 154 Å². The molecular formula is C22H24N2O2. The standard InChI is InChI=1S/C22H24N2O2/c1-4-24(5-2)19-13-11-18(12-14-19)23-22(25)20-15-16(3)26-21(20)17-9-7-6-8-10-17/h6-15H,4-5H2,1-3H3,(H,23,25). The molecule has 1 N–H and O–H groups in total. The number of carbonyl (C=O) groups is 1. The SMILES string of the molecule is CCN(CC)c1ccc(NC(=O)c2cc(C)oc2-c2ccccc2)cc1. The molecule has 0 bridgehead atoms. The van der Waals surface area contributed by atoms with E-state index in [4.69, 9.17) is 4.42 Å². The fourth-order valence-electron chi connectivity index (χ4n) is 3.03. The summed E-state index contributed by atoms with van der Waals surface area (Å²) in [6, 6.07) is 19.4. The van der Waals surface area contributed by atoms with Gasteiger partial charge in [-0.25, -0.2) is 0 Å². The summed E-state index contributed by atoms with van der Waals surface area (Å²) in [4.78, 5) is 15.0. The molecule has 0 atom stereocenters. The maximum absolute atomic E-state index is 12.8. The molecule has 3 rings (SSSR count). The summed E-state index contributed by atoms with van der Waals surface area (Å²) in [5, 5.41) is 2.97. The first-order valence-electron chi connectivity index (χ1n) is 8.94. The Hall–Kier alpha value is -3.01. The molecule has 0 aliphatic heterocycles. The van der Waals surface area contributed by atoms with Crippen LogP contribution in [0.4, 0.5) is 11.4 Å². The van der Waals surface area contributed by atoms with Crippen molar-refractivity contribution in [3.05, 3.63) is 72.0 Å². The molecule has 4 nitrogen and oxygen atoms in total. The van der Waals surface area contributed by atoms with Crippen molar-refractivity contribution in [1.82, 2.24) is 0 Å². The Morgan fingerprint density at radius 1 is 1.00 bits per heavy atom. The van der Waals surface area contributed by atoms with Crippen LogP contribution < -0.4 is 10.2 Å². The molecule has 2 aromatic carbocycles. The molecular weight excluding hydrogens is 324 g/mol. The fourth-order valence-corrected chi connectivity index (χ4v) is 3.03. The number of hydrogen-bond acceptors (Lipinski definition) is 3. The summed E-state index contributed by atoms with van der Waals surface area (Å²) in [6.45, 7) is 8.02. The molecule has 0 aliphatic carbocycles. The normalized spacial score (nSPS) is 10.6. The van der Waals surface area contributed by atoms with Crippen LogP contribution in [0.25, 0.3) is 11.3 Å². The second-order valence-electron chi connectivity index (χ2n) is 6.14. The van der Waals surface area contributed by atoms with Crippen molar-refractivity contribution < 1.29 is 9.21 Å². The average molecular weight is 348 g/mol. The largest absolute Gasteiger partial charge is 0.461 e. The van der Waals surface area contributed by atoms with E-state index < -0.39 is 0 Å². The first-order valence-corrected chi connectivity index (χ1v) is 8.94. The highest BCUT2D eigenvalue weighted by Gasteiger charge is 2.18. The van der Waals surface area contributed by atoms with Crippen LogP contribution in [0.15, 0.2) is 65.1 Å². The van der Waals surface area contributed by atoms with Gasteiger partial charge in [0.25, 0.3) is 5.91 Å². The lowest BCUT2D eigenvalue weighted by molar-refractivity contribution is 0.102. The number of aryl methyl sites for hydroxylation is 1. The number of furan rings is 1. The summed E-state index contributed by atoms with van der Waals surface area (Å²) < 4.78 is 5.77. The molecule has 0 saturated heterocycles. The third-order valence-corrected chi connectivity index (χ3v) is 4.39. The lowest BCUT2D eigenvalue weighted by Gasteiger charge is -2.21. The van der Waals surface area contributed by atoms with E-state index in [1.807, 2.05) is 61.5 Å². The number of benzene rings is 2. The Morgan fingerprint density at radius 2 is 1.65 bits per heavy atom. The van der Waals surface area contributed by atoms with Gasteiger partial charge in [0.15, 0.2) is 0 Å². The van der Waals surface area contributed by atoms with E-state index >= 15 is 0 Å². The minimum absolute atomic E-state index is 0.170. The molecule has 1 aromatic heterocycles. The molecule has 0 aliphatic rings. The molecule has 0 radical (unpaired) electrons. The Bertz CT molecular complexity index is 863. The number of amides is 1. The highest BCUT2D eigenvalue weighted by molar-refractivity contribution is 6.08. The number of nitrogens with zero attached hydrogens (tertiary/aromatic N) is 1. The Kier molecular flexibility index (Phi) is 5.42. The molecule has 26 heavy (non-hydrogen) atoms. The monoisotopic (exact) mass is 348 g/mol. The quantitative estimate of drug-likeness (QED) is 0.653. The molecule has 134 valence electrons. The van der Waals surface area contributed by atoms with Gasteiger partial charge in [-0.05, 0) is 51.1 Å². The third-order valence-electron chi connectivity index (χ3n) is 4.39. The number of carbonyl (C=O) groups excluding carboxylic acids is 1. The molecule has 1 amide bonds. The van der Waals surface area contributed by atoms with Gasteiger partial charge in [0.05, 0.1) is 5.56 Å². The third kappa shape index (κ3) is 3.80. The van der Waals surface area contributed by atoms with Crippen molar-refractivity contribution in [2.45, 2.75) is 20.8 Å². The number of rotatable bonds is 6. The van der Waals surface area contributed by atoms with Gasteiger partial charge < -0.3 is 14.6 Å². The highest BCUT2D eigenvalue weighted by Crippen LogP contribution is 2.28. The summed E-state index contributed by atoms with van der Waals surface area (Å²) >= 11 is 0. The zero-order valence-corrected chi connectivity index (χ0v) is 15.5. The van der Waals surface area contributed by atoms with Crippen molar-refractivity contribution in [2.24, 2.45) is 0 Å². The Morgan fingerprint density at radius 3 is 2.27 bits per heavy atom. The van der Waals surface area contributed by atoms with E-state index in [2.05, 4.69) is 24.1 Å². The first kappa shape index (κ1) is 17.8. The molecule has 0 spiro atoms. The highest BCUT2D eigenvalue weighted by atomic mass is 16.3. The van der Waals surface area contributed by atoms with Crippen LogP contribution in [0.5, 0.6) is 0 Å². The van der Waals surface area contributed by atoms with E-state index in [0.717, 1.165) is 30.0 Å². The van der Waals surface area contributed by atoms with Gasteiger partial charge in [0.1, 0.15) is 11.5 Å². The second-order valence-corrected chi connectivity index (χ2v) is 6.14. The van der Waals surface area contributed by atoms with Crippen molar-refractivity contribution in [3.63, 3.8) is 0 Å². The summed E-state index contributed by atoms with van der Waals surface area (Å²) in [5.41, 5.74) is 3.35. The van der Waals surface area contributed by atoms with Crippen LogP contribution in [-0.2, 0) is 0 Å². The molecule has 3 aromatic rings. The number of nitrogens with one attached hydrogen (secondary N) is 1. The van der Waals surface area contributed by atoms with E-state index in [9.17, 15) is 4.79 Å². The minimum atomic E-state index is -0.170. The van der Waals surface area contributed by atoms with Gasteiger partial charge in [0.2, 0.25) is 0 Å². The van der Waals surface area contributed by atoms with Gasteiger partial charge >= 0.3 is 0 Å². The topological polar surface area (TPSA) is 45.5 Å². The lowest BCUT2D eigenvalue weighted by Crippen LogP contribution is -2.21. The van der Waals surface area contributed by atoms with Crippen LogP contribution in [0.2, 0.25) is 0 Å². The van der Waals surface area contributed by atoms with E-state index in [0.29, 0.717) is 17.1 Å². The van der Waals surface area contributed by atoms with Crippen LogP contribution >= 0.6 is 0 Å². The summed E-state index contributed by atoms with van der Waals surface area (Å²) in [7, 11) is 0. The van der Waals surface area contributed by atoms with Gasteiger partial charge in [0, 0.05) is 30.0 Å². The molecule has 0 fully saturated rings. The maximum atomic E-state index is 12.8.